The number of nitrogens with zero attached hydrogens (tertiary/aromatic N) is 1. The predicted octanol–water partition coefficient (Wildman–Crippen LogP) is 7.96. The van der Waals surface area contributed by atoms with Crippen LogP contribution >= 0.6 is 0 Å². The lowest BCUT2D eigenvalue weighted by Gasteiger charge is -2.15. The topological polar surface area (TPSA) is 12.9 Å². The molecule has 0 atom stereocenters. The molecule has 0 amide bonds. The molecule has 1 nitrogen and oxygen atoms in total. The first kappa shape index (κ1) is 18.6. The molecule has 4 aromatic carbocycles. The van der Waals surface area contributed by atoms with Crippen molar-refractivity contribution < 1.29 is 0 Å². The van der Waals surface area contributed by atoms with Gasteiger partial charge in [0.2, 0.25) is 0 Å². The number of pyridine rings is 1. The van der Waals surface area contributed by atoms with E-state index in [-0.39, 0.29) is 0 Å². The van der Waals surface area contributed by atoms with Crippen molar-refractivity contribution in [3.05, 3.63) is 101 Å². The Hall–Kier alpha value is -3.45. The molecule has 0 N–H and O–H groups in total. The highest BCUT2D eigenvalue weighted by molar-refractivity contribution is 6.15. The summed E-state index contributed by atoms with van der Waals surface area (Å²) < 4.78 is 0. The summed E-state index contributed by atoms with van der Waals surface area (Å²) in [7, 11) is 0. The maximum Gasteiger partial charge on any atom is 0.0786 e. The lowest BCUT2D eigenvalue weighted by atomic mass is 9.91. The molecular formula is C29H25N. The molecule has 0 saturated carbocycles. The Morgan fingerprint density at radius 2 is 1.33 bits per heavy atom. The molecule has 0 aliphatic carbocycles. The first-order valence-corrected chi connectivity index (χ1v) is 10.5. The Kier molecular flexibility index (Phi) is 4.40. The molecule has 0 bridgehead atoms. The van der Waals surface area contributed by atoms with Gasteiger partial charge in [-0.1, -0.05) is 65.7 Å². The van der Waals surface area contributed by atoms with E-state index in [9.17, 15) is 0 Å². The molecule has 0 aliphatic rings. The molecule has 0 aliphatic heterocycles. The summed E-state index contributed by atoms with van der Waals surface area (Å²) in [5.74, 6) is 0. The van der Waals surface area contributed by atoms with E-state index in [4.69, 9.17) is 4.98 Å². The van der Waals surface area contributed by atoms with Crippen molar-refractivity contribution in [3.8, 4) is 22.4 Å². The summed E-state index contributed by atoms with van der Waals surface area (Å²) in [6.07, 6.45) is 2.01. The zero-order valence-electron chi connectivity index (χ0n) is 18.0. The van der Waals surface area contributed by atoms with E-state index in [1.54, 1.807) is 0 Å². The first-order chi connectivity index (χ1) is 14.5. The molecule has 0 unspecified atom stereocenters. The molecule has 0 radical (unpaired) electrons. The number of fused-ring (bicyclic) bond motifs is 3. The maximum atomic E-state index is 4.93. The molecule has 5 rings (SSSR count). The fourth-order valence-corrected chi connectivity index (χ4v) is 4.62. The summed E-state index contributed by atoms with van der Waals surface area (Å²) in [6.45, 7) is 8.66. The zero-order chi connectivity index (χ0) is 20.8. The molecule has 0 spiro atoms. The molecule has 5 aromatic rings. The van der Waals surface area contributed by atoms with Gasteiger partial charge in [-0.15, -0.1) is 0 Å². The van der Waals surface area contributed by atoms with E-state index < -0.39 is 0 Å². The van der Waals surface area contributed by atoms with Crippen LogP contribution in [-0.4, -0.2) is 4.98 Å². The van der Waals surface area contributed by atoms with Gasteiger partial charge in [0.15, 0.2) is 0 Å². The van der Waals surface area contributed by atoms with Crippen molar-refractivity contribution >= 4 is 21.5 Å². The summed E-state index contributed by atoms with van der Waals surface area (Å²) in [6, 6.07) is 26.5. The van der Waals surface area contributed by atoms with Crippen molar-refractivity contribution in [1.82, 2.24) is 4.98 Å². The smallest absolute Gasteiger partial charge is 0.0786 e. The van der Waals surface area contributed by atoms with Crippen molar-refractivity contribution in [2.24, 2.45) is 0 Å². The SMILES string of the molecule is Cc1cc(C)cc(-c2ncc(C)c3ccc4cc(C)c(-c5ccccc5)cc4c23)c1. The van der Waals surface area contributed by atoms with Crippen LogP contribution in [0.3, 0.4) is 0 Å². The highest BCUT2D eigenvalue weighted by Gasteiger charge is 2.14. The molecule has 1 heteroatoms. The molecule has 0 saturated heterocycles. The van der Waals surface area contributed by atoms with Gasteiger partial charge in [0, 0.05) is 17.1 Å². The van der Waals surface area contributed by atoms with Crippen molar-refractivity contribution in [1.29, 1.82) is 0 Å². The van der Waals surface area contributed by atoms with Gasteiger partial charge in [0.05, 0.1) is 5.69 Å². The molecule has 0 fully saturated rings. The van der Waals surface area contributed by atoms with E-state index in [1.807, 2.05) is 6.20 Å². The standard InChI is InChI=1S/C29H25N/c1-18-12-19(2)14-24(13-18)29-28-25(21(4)17-30-29)11-10-23-15-20(3)26(16-27(23)28)22-8-6-5-7-9-22/h5-17H,1-4H3. The van der Waals surface area contributed by atoms with Crippen LogP contribution in [0.15, 0.2) is 79.0 Å². The van der Waals surface area contributed by atoms with E-state index in [1.165, 1.54) is 60.5 Å². The van der Waals surface area contributed by atoms with Crippen molar-refractivity contribution in [2.75, 3.05) is 0 Å². The Balaban J connectivity index is 1.91. The lowest BCUT2D eigenvalue weighted by Crippen LogP contribution is -1.93. The zero-order valence-corrected chi connectivity index (χ0v) is 18.0. The Labute approximate surface area is 178 Å². The summed E-state index contributed by atoms with van der Waals surface area (Å²) in [5, 5.41) is 5.05. The summed E-state index contributed by atoms with van der Waals surface area (Å²) in [4.78, 5) is 4.93. The average Bonchev–Trinajstić information content (AvgIpc) is 2.73. The van der Waals surface area contributed by atoms with Crippen LogP contribution in [0.1, 0.15) is 22.3 Å². The fraction of sp³-hybridized carbons (Fsp3) is 0.138. The van der Waals surface area contributed by atoms with Crippen LogP contribution < -0.4 is 0 Å². The number of rotatable bonds is 2. The Bertz CT molecular complexity index is 1390. The molecular weight excluding hydrogens is 362 g/mol. The third-order valence-electron chi connectivity index (χ3n) is 5.99. The van der Waals surface area contributed by atoms with Gasteiger partial charge in [-0.3, -0.25) is 4.98 Å². The number of hydrogen-bond donors (Lipinski definition) is 0. The predicted molar refractivity (Wildman–Crippen MR) is 129 cm³/mol. The second kappa shape index (κ2) is 7.11. The van der Waals surface area contributed by atoms with Gasteiger partial charge in [0.1, 0.15) is 0 Å². The van der Waals surface area contributed by atoms with Crippen molar-refractivity contribution in [2.45, 2.75) is 27.7 Å². The van der Waals surface area contributed by atoms with Crippen LogP contribution in [0.25, 0.3) is 43.9 Å². The molecule has 1 aromatic heterocycles. The second-order valence-corrected chi connectivity index (χ2v) is 8.41. The van der Waals surface area contributed by atoms with Crippen molar-refractivity contribution in [3.63, 3.8) is 0 Å². The minimum Gasteiger partial charge on any atom is -0.255 e. The van der Waals surface area contributed by atoms with Gasteiger partial charge in [0.25, 0.3) is 0 Å². The van der Waals surface area contributed by atoms with E-state index in [2.05, 4.69) is 100 Å². The molecule has 30 heavy (non-hydrogen) atoms. The van der Waals surface area contributed by atoms with E-state index in [0.29, 0.717) is 0 Å². The van der Waals surface area contributed by atoms with Gasteiger partial charge < -0.3 is 0 Å². The Morgan fingerprint density at radius 3 is 2.07 bits per heavy atom. The highest BCUT2D eigenvalue weighted by Crippen LogP contribution is 2.38. The highest BCUT2D eigenvalue weighted by atomic mass is 14.7. The lowest BCUT2D eigenvalue weighted by molar-refractivity contribution is 1.29. The molecule has 1 heterocycles. The number of aromatic nitrogens is 1. The van der Waals surface area contributed by atoms with Gasteiger partial charge in [-0.25, -0.2) is 0 Å². The third-order valence-corrected chi connectivity index (χ3v) is 5.99. The van der Waals surface area contributed by atoms with Gasteiger partial charge in [-0.2, -0.15) is 0 Å². The third kappa shape index (κ3) is 3.07. The van der Waals surface area contributed by atoms with Crippen LogP contribution in [0, 0.1) is 27.7 Å². The number of hydrogen-bond acceptors (Lipinski definition) is 1. The second-order valence-electron chi connectivity index (χ2n) is 8.41. The minimum absolute atomic E-state index is 1.07. The summed E-state index contributed by atoms with van der Waals surface area (Å²) >= 11 is 0. The van der Waals surface area contributed by atoms with Crippen LogP contribution in [0.2, 0.25) is 0 Å². The molecule has 146 valence electrons. The maximum absolute atomic E-state index is 4.93. The monoisotopic (exact) mass is 387 g/mol. The summed E-state index contributed by atoms with van der Waals surface area (Å²) in [5.41, 5.74) is 9.82. The minimum atomic E-state index is 1.07. The van der Waals surface area contributed by atoms with E-state index >= 15 is 0 Å². The van der Waals surface area contributed by atoms with Gasteiger partial charge in [-0.05, 0) is 84.3 Å². The Morgan fingerprint density at radius 1 is 0.600 bits per heavy atom. The average molecular weight is 388 g/mol. The number of benzene rings is 4. The normalized spacial score (nSPS) is 11.3. The quantitative estimate of drug-likeness (QED) is 0.280. The van der Waals surface area contributed by atoms with Crippen LogP contribution in [0.5, 0.6) is 0 Å². The number of aryl methyl sites for hydroxylation is 4. The largest absolute Gasteiger partial charge is 0.255 e. The first-order valence-electron chi connectivity index (χ1n) is 10.5. The van der Waals surface area contributed by atoms with Gasteiger partial charge >= 0.3 is 0 Å². The fourth-order valence-electron chi connectivity index (χ4n) is 4.62. The van der Waals surface area contributed by atoms with Crippen LogP contribution in [0.4, 0.5) is 0 Å². The van der Waals surface area contributed by atoms with E-state index in [0.717, 1.165) is 5.69 Å². The van der Waals surface area contributed by atoms with Crippen LogP contribution in [-0.2, 0) is 0 Å².